The van der Waals surface area contributed by atoms with Gasteiger partial charge in [-0.2, -0.15) is 0 Å². The number of anilines is 2. The summed E-state index contributed by atoms with van der Waals surface area (Å²) in [6.45, 7) is 4.23. The van der Waals surface area contributed by atoms with Crippen molar-refractivity contribution in [1.82, 2.24) is 4.90 Å². The van der Waals surface area contributed by atoms with Crippen molar-refractivity contribution in [1.29, 1.82) is 0 Å². The van der Waals surface area contributed by atoms with Crippen LogP contribution in [0.2, 0.25) is 0 Å². The number of nitrogens with two attached hydrogens (primary N) is 1. The van der Waals surface area contributed by atoms with E-state index in [1.165, 1.54) is 19.2 Å². The first-order valence-corrected chi connectivity index (χ1v) is 6.05. The van der Waals surface area contributed by atoms with E-state index < -0.39 is 11.9 Å². The first kappa shape index (κ1) is 15.1. The fourth-order valence-electron chi connectivity index (χ4n) is 1.63. The number of hydrogen-bond donors (Lipinski definition) is 2. The maximum Gasteiger partial charge on any atom is 0.244 e. The van der Waals surface area contributed by atoms with Gasteiger partial charge in [-0.25, -0.2) is 4.39 Å². The van der Waals surface area contributed by atoms with Crippen LogP contribution in [0.5, 0.6) is 5.75 Å². The van der Waals surface area contributed by atoms with Gasteiger partial charge in [-0.1, -0.05) is 0 Å². The van der Waals surface area contributed by atoms with Crippen molar-refractivity contribution in [3.8, 4) is 5.75 Å². The highest BCUT2D eigenvalue weighted by Gasteiger charge is 2.18. The summed E-state index contributed by atoms with van der Waals surface area (Å²) in [6.07, 6.45) is 0. The second-order valence-electron chi connectivity index (χ2n) is 4.29. The first-order valence-electron chi connectivity index (χ1n) is 6.05. The van der Waals surface area contributed by atoms with Gasteiger partial charge in [0, 0.05) is 25.7 Å². The number of rotatable bonds is 5. The van der Waals surface area contributed by atoms with E-state index in [1.807, 2.05) is 6.92 Å². The largest absolute Gasteiger partial charge is 0.494 e. The number of methoxy groups -OCH3 is 1. The normalized spacial score (nSPS) is 11.8. The lowest BCUT2D eigenvalue weighted by Crippen LogP contribution is -2.38. The third-order valence-corrected chi connectivity index (χ3v) is 2.92. The molecule has 0 aromatic heterocycles. The minimum Gasteiger partial charge on any atom is -0.494 e. The van der Waals surface area contributed by atoms with Crippen molar-refractivity contribution in [3.05, 3.63) is 17.9 Å². The quantitative estimate of drug-likeness (QED) is 0.798. The van der Waals surface area contributed by atoms with Crippen LogP contribution in [0.3, 0.4) is 0 Å². The number of halogens is 1. The minimum atomic E-state index is -0.532. The number of nitrogen functional groups attached to an aromatic ring is 1. The number of carbonyl (C=O) groups excluding carboxylic acids is 1. The number of likely N-dealkylation sites (N-methyl/N-ethyl adjacent to an activating group) is 1. The summed E-state index contributed by atoms with van der Waals surface area (Å²) >= 11 is 0. The smallest absolute Gasteiger partial charge is 0.244 e. The third kappa shape index (κ3) is 3.49. The number of ether oxygens (including phenoxy) is 1. The Morgan fingerprint density at radius 2 is 2.21 bits per heavy atom. The molecule has 1 aromatic carbocycles. The molecule has 0 bridgehead atoms. The van der Waals surface area contributed by atoms with Gasteiger partial charge in [0.05, 0.1) is 18.5 Å². The van der Waals surface area contributed by atoms with Gasteiger partial charge in [0.1, 0.15) is 6.04 Å². The standard InChI is InChI=1S/C13H20FN3O2/c1-5-17(3)13(18)8(2)16-11-7-12(19-4)9(14)6-10(11)15/h6-8,16H,5,15H2,1-4H3. The number of amides is 1. The zero-order chi connectivity index (χ0) is 14.6. The Morgan fingerprint density at radius 3 is 2.74 bits per heavy atom. The topological polar surface area (TPSA) is 67.6 Å². The van der Waals surface area contributed by atoms with Crippen LogP contribution in [-0.2, 0) is 4.79 Å². The molecule has 0 aliphatic heterocycles. The average molecular weight is 269 g/mol. The molecule has 0 radical (unpaired) electrons. The number of benzene rings is 1. The molecule has 1 unspecified atom stereocenters. The van der Waals surface area contributed by atoms with Crippen molar-refractivity contribution < 1.29 is 13.9 Å². The molecule has 0 aliphatic rings. The Hall–Kier alpha value is -1.98. The number of hydrogen-bond acceptors (Lipinski definition) is 4. The summed E-state index contributed by atoms with van der Waals surface area (Å²) in [7, 11) is 3.09. The fraction of sp³-hybridized carbons (Fsp3) is 0.462. The molecule has 1 aromatic rings. The second-order valence-corrected chi connectivity index (χ2v) is 4.29. The average Bonchev–Trinajstić information content (AvgIpc) is 2.39. The van der Waals surface area contributed by atoms with Gasteiger partial charge < -0.3 is 20.7 Å². The minimum absolute atomic E-state index is 0.0646. The summed E-state index contributed by atoms with van der Waals surface area (Å²) in [4.78, 5) is 13.5. The Kier molecular flexibility index (Phi) is 4.97. The van der Waals surface area contributed by atoms with Crippen LogP contribution in [-0.4, -0.2) is 37.6 Å². The van der Waals surface area contributed by atoms with Gasteiger partial charge in [0.25, 0.3) is 0 Å². The molecule has 106 valence electrons. The molecule has 19 heavy (non-hydrogen) atoms. The summed E-state index contributed by atoms with van der Waals surface area (Å²) in [5.74, 6) is -0.513. The maximum atomic E-state index is 13.4. The zero-order valence-electron chi connectivity index (χ0n) is 11.7. The van der Waals surface area contributed by atoms with Crippen LogP contribution in [0, 0.1) is 5.82 Å². The van der Waals surface area contributed by atoms with E-state index in [-0.39, 0.29) is 17.3 Å². The van der Waals surface area contributed by atoms with Gasteiger partial charge in [-0.05, 0) is 13.8 Å². The fourth-order valence-corrected chi connectivity index (χ4v) is 1.63. The van der Waals surface area contributed by atoms with E-state index in [0.29, 0.717) is 12.2 Å². The summed E-state index contributed by atoms with van der Waals surface area (Å²) < 4.78 is 18.3. The van der Waals surface area contributed by atoms with Crippen molar-refractivity contribution in [3.63, 3.8) is 0 Å². The Bertz CT molecular complexity index is 465. The van der Waals surface area contributed by atoms with Crippen molar-refractivity contribution in [2.45, 2.75) is 19.9 Å². The van der Waals surface area contributed by atoms with Crippen LogP contribution < -0.4 is 15.8 Å². The highest BCUT2D eigenvalue weighted by atomic mass is 19.1. The summed E-state index contributed by atoms with van der Waals surface area (Å²) in [5.41, 5.74) is 6.43. The van der Waals surface area contributed by atoms with Crippen LogP contribution in [0.4, 0.5) is 15.8 Å². The van der Waals surface area contributed by atoms with Crippen molar-refractivity contribution in [2.75, 3.05) is 31.8 Å². The van der Waals surface area contributed by atoms with Gasteiger partial charge in [0.2, 0.25) is 5.91 Å². The van der Waals surface area contributed by atoms with E-state index in [4.69, 9.17) is 10.5 Å². The van der Waals surface area contributed by atoms with Crippen molar-refractivity contribution in [2.24, 2.45) is 0 Å². The number of nitrogens with zero attached hydrogens (tertiary/aromatic N) is 1. The molecule has 0 saturated carbocycles. The predicted octanol–water partition coefficient (Wildman–Crippen LogP) is 1.70. The Labute approximate surface area is 112 Å². The number of nitrogens with one attached hydrogen (secondary N) is 1. The highest BCUT2D eigenvalue weighted by molar-refractivity contribution is 5.85. The summed E-state index contributed by atoms with van der Waals surface area (Å²) in [5, 5.41) is 2.96. The molecule has 0 aliphatic carbocycles. The maximum absolute atomic E-state index is 13.4. The molecular formula is C13H20FN3O2. The lowest BCUT2D eigenvalue weighted by Gasteiger charge is -2.22. The summed E-state index contributed by atoms with van der Waals surface area (Å²) in [6, 6.07) is 2.16. The van der Waals surface area contributed by atoms with Crippen LogP contribution in [0.1, 0.15) is 13.8 Å². The lowest BCUT2D eigenvalue weighted by molar-refractivity contribution is -0.130. The van der Waals surface area contributed by atoms with E-state index in [9.17, 15) is 9.18 Å². The molecule has 3 N–H and O–H groups in total. The molecule has 1 amide bonds. The molecule has 0 heterocycles. The molecule has 0 spiro atoms. The molecule has 0 fully saturated rings. The molecule has 1 atom stereocenters. The Morgan fingerprint density at radius 1 is 1.58 bits per heavy atom. The SMILES string of the molecule is CCN(C)C(=O)C(C)Nc1cc(OC)c(F)cc1N. The van der Waals surface area contributed by atoms with E-state index in [0.717, 1.165) is 0 Å². The second kappa shape index (κ2) is 6.26. The lowest BCUT2D eigenvalue weighted by atomic mass is 10.2. The van der Waals surface area contributed by atoms with Gasteiger partial charge >= 0.3 is 0 Å². The van der Waals surface area contributed by atoms with Crippen LogP contribution in [0.25, 0.3) is 0 Å². The van der Waals surface area contributed by atoms with Crippen LogP contribution in [0.15, 0.2) is 12.1 Å². The predicted molar refractivity (Wildman–Crippen MR) is 73.8 cm³/mol. The zero-order valence-corrected chi connectivity index (χ0v) is 11.7. The highest BCUT2D eigenvalue weighted by Crippen LogP contribution is 2.28. The van der Waals surface area contributed by atoms with E-state index in [2.05, 4.69) is 5.32 Å². The Balaban J connectivity index is 2.90. The first-order chi connectivity index (χ1) is 8.90. The molecule has 6 heteroatoms. The van der Waals surface area contributed by atoms with Gasteiger partial charge in [-0.3, -0.25) is 4.79 Å². The van der Waals surface area contributed by atoms with E-state index >= 15 is 0 Å². The third-order valence-electron chi connectivity index (χ3n) is 2.92. The van der Waals surface area contributed by atoms with Gasteiger partial charge in [-0.15, -0.1) is 0 Å². The van der Waals surface area contributed by atoms with Gasteiger partial charge in [0.15, 0.2) is 11.6 Å². The van der Waals surface area contributed by atoms with Crippen molar-refractivity contribution >= 4 is 17.3 Å². The number of carbonyl (C=O) groups is 1. The monoisotopic (exact) mass is 269 g/mol. The molecule has 1 rings (SSSR count). The molecular weight excluding hydrogens is 249 g/mol. The van der Waals surface area contributed by atoms with E-state index in [1.54, 1.807) is 18.9 Å². The molecule has 5 nitrogen and oxygen atoms in total. The molecule has 0 saturated heterocycles. The van der Waals surface area contributed by atoms with Crippen LogP contribution >= 0.6 is 0 Å².